The molecule has 0 aliphatic rings. The maximum atomic E-state index is 12.5. The summed E-state index contributed by atoms with van der Waals surface area (Å²) < 4.78 is 22.0. The summed E-state index contributed by atoms with van der Waals surface area (Å²) in [6.07, 6.45) is 5.04. The lowest BCUT2D eigenvalue weighted by molar-refractivity contribution is -0.143. The number of ether oxygens (including phenoxy) is 4. The van der Waals surface area contributed by atoms with Crippen molar-refractivity contribution in [3.8, 4) is 11.5 Å². The van der Waals surface area contributed by atoms with Crippen molar-refractivity contribution in [3.05, 3.63) is 35.9 Å². The summed E-state index contributed by atoms with van der Waals surface area (Å²) in [5.41, 5.74) is 3.32. The normalized spacial score (nSPS) is 14.0. The van der Waals surface area contributed by atoms with Crippen LogP contribution in [0.4, 0.5) is 4.79 Å². The molecule has 9 heteroatoms. The first-order valence-corrected chi connectivity index (χ1v) is 13.5. The number of rotatable bonds is 16. The van der Waals surface area contributed by atoms with E-state index in [0.29, 0.717) is 43.3 Å². The minimum Gasteiger partial charge on any atom is -0.493 e. The summed E-state index contributed by atoms with van der Waals surface area (Å²) in [5.74, 6) is 0.0102. The van der Waals surface area contributed by atoms with Crippen LogP contribution in [-0.2, 0) is 14.3 Å². The van der Waals surface area contributed by atoms with E-state index in [1.807, 2.05) is 44.2 Å². The molecule has 9 nitrogen and oxygen atoms in total. The number of hydrogen-bond donors (Lipinski definition) is 2. The Balaban J connectivity index is 3.37. The smallest absolute Gasteiger partial charge is 0.428 e. The van der Waals surface area contributed by atoms with Crippen LogP contribution in [0.2, 0.25) is 0 Å². The van der Waals surface area contributed by atoms with E-state index in [1.165, 1.54) is 0 Å². The van der Waals surface area contributed by atoms with Gasteiger partial charge in [0, 0.05) is 31.6 Å². The standard InChI is InChI=1S/C30H48N2O7/c1-20(2)23(13-10-11-14-24(21(3)4)28(33)34)27(31-32-29(35)39-30(5,6)7)22-15-16-25(37-9)26(19-22)38-18-12-17-36-8/h10-11,15-16,19-21,23-24H,12-14,17-18H2,1-9H3,(H,32,35)(H,33,34)/b11-10+,31-27?. The maximum Gasteiger partial charge on any atom is 0.428 e. The zero-order chi connectivity index (χ0) is 29.6. The summed E-state index contributed by atoms with van der Waals surface area (Å²) in [4.78, 5) is 24.0. The van der Waals surface area contributed by atoms with Crippen molar-refractivity contribution >= 4 is 17.8 Å². The highest BCUT2D eigenvalue weighted by molar-refractivity contribution is 6.03. The molecule has 0 bridgehead atoms. The predicted molar refractivity (Wildman–Crippen MR) is 154 cm³/mol. The first kappa shape index (κ1) is 34.0. The molecule has 0 radical (unpaired) electrons. The van der Waals surface area contributed by atoms with Crippen molar-refractivity contribution in [1.29, 1.82) is 0 Å². The van der Waals surface area contributed by atoms with E-state index >= 15 is 0 Å². The first-order chi connectivity index (χ1) is 18.3. The van der Waals surface area contributed by atoms with Gasteiger partial charge >= 0.3 is 12.1 Å². The molecule has 0 heterocycles. The monoisotopic (exact) mass is 548 g/mol. The number of carbonyl (C=O) groups excluding carboxylic acids is 1. The lowest BCUT2D eigenvalue weighted by Gasteiger charge is -2.24. The Bertz CT molecular complexity index is 965. The Morgan fingerprint density at radius 3 is 2.10 bits per heavy atom. The Morgan fingerprint density at radius 2 is 1.59 bits per heavy atom. The van der Waals surface area contributed by atoms with E-state index in [2.05, 4.69) is 24.4 Å². The number of aliphatic carboxylic acids is 1. The van der Waals surface area contributed by atoms with Crippen LogP contribution in [0, 0.1) is 23.7 Å². The maximum absolute atomic E-state index is 12.5. The van der Waals surface area contributed by atoms with Crippen molar-refractivity contribution in [3.63, 3.8) is 0 Å². The van der Waals surface area contributed by atoms with E-state index in [0.717, 1.165) is 12.0 Å². The average Bonchev–Trinajstić information content (AvgIpc) is 2.83. The van der Waals surface area contributed by atoms with Gasteiger partial charge in [-0.15, -0.1) is 0 Å². The minimum atomic E-state index is -0.796. The molecule has 39 heavy (non-hydrogen) atoms. The number of carbonyl (C=O) groups is 2. The van der Waals surface area contributed by atoms with Gasteiger partial charge in [-0.3, -0.25) is 4.79 Å². The zero-order valence-electron chi connectivity index (χ0n) is 25.1. The molecule has 0 fully saturated rings. The van der Waals surface area contributed by atoms with Gasteiger partial charge in [-0.1, -0.05) is 39.8 Å². The molecule has 0 aliphatic carbocycles. The third-order valence-corrected chi connectivity index (χ3v) is 6.10. The number of carboxylic acids is 1. The molecular weight excluding hydrogens is 500 g/mol. The highest BCUT2D eigenvalue weighted by atomic mass is 16.6. The fourth-order valence-corrected chi connectivity index (χ4v) is 3.95. The molecule has 1 aromatic carbocycles. The van der Waals surface area contributed by atoms with E-state index in [-0.39, 0.29) is 17.8 Å². The molecule has 0 saturated heterocycles. The third kappa shape index (κ3) is 12.6. The van der Waals surface area contributed by atoms with Crippen molar-refractivity contribution < 1.29 is 33.6 Å². The van der Waals surface area contributed by atoms with Crippen LogP contribution in [0.1, 0.15) is 73.3 Å². The van der Waals surface area contributed by atoms with Gasteiger partial charge in [0.2, 0.25) is 0 Å². The second-order valence-corrected chi connectivity index (χ2v) is 11.2. The Morgan fingerprint density at radius 1 is 0.974 bits per heavy atom. The molecule has 0 saturated carbocycles. The number of methoxy groups -OCH3 is 2. The molecule has 1 amide bonds. The summed E-state index contributed by atoms with van der Waals surface area (Å²) in [7, 11) is 3.23. The fraction of sp³-hybridized carbons (Fsp3) is 0.633. The SMILES string of the molecule is COCCCOc1cc(C(=NNC(=O)OC(C)(C)C)C(C/C=C/CC(C(=O)O)C(C)C)C(C)C)ccc1OC. The van der Waals surface area contributed by atoms with Crippen LogP contribution in [-0.4, -0.2) is 55.9 Å². The average molecular weight is 549 g/mol. The second-order valence-electron chi connectivity index (χ2n) is 11.2. The summed E-state index contributed by atoms with van der Waals surface area (Å²) >= 11 is 0. The Labute approximate surface area is 233 Å². The van der Waals surface area contributed by atoms with Crippen molar-refractivity contribution in [2.45, 2.75) is 73.3 Å². The molecule has 0 aliphatic heterocycles. The van der Waals surface area contributed by atoms with Crippen molar-refractivity contribution in [2.24, 2.45) is 28.8 Å². The first-order valence-electron chi connectivity index (χ1n) is 13.5. The summed E-state index contributed by atoms with van der Waals surface area (Å²) in [6, 6.07) is 5.56. The highest BCUT2D eigenvalue weighted by Crippen LogP contribution is 2.31. The number of hydrazone groups is 1. The molecule has 1 aromatic rings. The number of hydrogen-bond acceptors (Lipinski definition) is 7. The molecule has 2 unspecified atom stereocenters. The second kappa shape index (κ2) is 16.8. The molecule has 0 spiro atoms. The van der Waals surface area contributed by atoms with Gasteiger partial charge in [-0.2, -0.15) is 5.10 Å². The number of nitrogens with zero attached hydrogens (tertiary/aromatic N) is 1. The number of benzene rings is 1. The van der Waals surface area contributed by atoms with E-state index in [9.17, 15) is 14.7 Å². The van der Waals surface area contributed by atoms with Gasteiger partial charge in [0.15, 0.2) is 11.5 Å². The molecule has 220 valence electrons. The van der Waals surface area contributed by atoms with E-state index in [1.54, 1.807) is 35.0 Å². The molecule has 2 N–H and O–H groups in total. The van der Waals surface area contributed by atoms with Crippen LogP contribution in [0.3, 0.4) is 0 Å². The minimum absolute atomic E-state index is 0.0322. The number of nitrogens with one attached hydrogen (secondary N) is 1. The molecule has 2 atom stereocenters. The summed E-state index contributed by atoms with van der Waals surface area (Å²) in [5, 5.41) is 14.0. The largest absolute Gasteiger partial charge is 0.493 e. The highest BCUT2D eigenvalue weighted by Gasteiger charge is 2.24. The van der Waals surface area contributed by atoms with Gasteiger partial charge in [0.25, 0.3) is 0 Å². The van der Waals surface area contributed by atoms with Gasteiger partial charge in [0.1, 0.15) is 5.60 Å². The summed E-state index contributed by atoms with van der Waals surface area (Å²) in [6.45, 7) is 14.4. The lowest BCUT2D eigenvalue weighted by Crippen LogP contribution is -2.32. The number of carboxylic acid groups (broad SMARTS) is 1. The molecular formula is C30H48N2O7. The van der Waals surface area contributed by atoms with Crippen LogP contribution in [0.5, 0.6) is 11.5 Å². The van der Waals surface area contributed by atoms with Gasteiger partial charge in [0.05, 0.1) is 25.3 Å². The number of amides is 1. The van der Waals surface area contributed by atoms with Crippen molar-refractivity contribution in [2.75, 3.05) is 27.4 Å². The van der Waals surface area contributed by atoms with Gasteiger partial charge in [-0.05, 0) is 63.6 Å². The van der Waals surface area contributed by atoms with E-state index in [4.69, 9.17) is 18.9 Å². The topological polar surface area (TPSA) is 116 Å². The Kier molecular flexibility index (Phi) is 14.6. The van der Waals surface area contributed by atoms with E-state index < -0.39 is 23.6 Å². The predicted octanol–water partition coefficient (Wildman–Crippen LogP) is 6.30. The van der Waals surface area contributed by atoms with Crippen LogP contribution in [0.25, 0.3) is 0 Å². The van der Waals surface area contributed by atoms with Crippen LogP contribution < -0.4 is 14.9 Å². The van der Waals surface area contributed by atoms with Gasteiger partial charge < -0.3 is 24.1 Å². The fourth-order valence-electron chi connectivity index (χ4n) is 3.95. The van der Waals surface area contributed by atoms with Gasteiger partial charge in [-0.25, -0.2) is 10.2 Å². The lowest BCUT2D eigenvalue weighted by atomic mass is 9.84. The van der Waals surface area contributed by atoms with Crippen molar-refractivity contribution in [1.82, 2.24) is 5.43 Å². The number of allylic oxidation sites excluding steroid dienone is 2. The molecule has 0 aromatic heterocycles. The van der Waals surface area contributed by atoms with Crippen LogP contribution >= 0.6 is 0 Å². The zero-order valence-corrected chi connectivity index (χ0v) is 25.1. The van der Waals surface area contributed by atoms with Crippen LogP contribution in [0.15, 0.2) is 35.5 Å². The Hall–Kier alpha value is -3.07. The third-order valence-electron chi connectivity index (χ3n) is 6.10. The molecule has 1 rings (SSSR count). The quantitative estimate of drug-likeness (QED) is 0.108.